The molecule has 0 aliphatic rings. The van der Waals surface area contributed by atoms with E-state index in [0.29, 0.717) is 12.5 Å². The summed E-state index contributed by atoms with van der Waals surface area (Å²) in [6.45, 7) is 4.22. The number of allylic oxidation sites excluding steroid dienone is 1. The van der Waals surface area contributed by atoms with Crippen molar-refractivity contribution in [1.82, 2.24) is 18.7 Å². The van der Waals surface area contributed by atoms with Crippen molar-refractivity contribution in [1.29, 1.82) is 0 Å². The number of aliphatic hydroxyl groups is 2. The van der Waals surface area contributed by atoms with Crippen molar-refractivity contribution < 1.29 is 10.2 Å². The van der Waals surface area contributed by atoms with E-state index in [9.17, 15) is 19.8 Å². The van der Waals surface area contributed by atoms with Gasteiger partial charge in [-0.15, -0.1) is 6.58 Å². The Morgan fingerprint density at radius 2 is 1.78 bits per heavy atom. The van der Waals surface area contributed by atoms with E-state index >= 15 is 0 Å². The van der Waals surface area contributed by atoms with E-state index in [0.717, 1.165) is 4.57 Å². The maximum absolute atomic E-state index is 12.5. The summed E-state index contributed by atoms with van der Waals surface area (Å²) >= 11 is 0. The van der Waals surface area contributed by atoms with Crippen molar-refractivity contribution >= 4 is 17.1 Å². The summed E-state index contributed by atoms with van der Waals surface area (Å²) in [7, 11) is 2.95. The molecule has 0 fully saturated rings. The second-order valence-corrected chi connectivity index (χ2v) is 5.12. The fourth-order valence-electron chi connectivity index (χ4n) is 2.53. The summed E-state index contributed by atoms with van der Waals surface area (Å²) < 4.78 is 3.96. The zero-order chi connectivity index (χ0) is 17.1. The van der Waals surface area contributed by atoms with Crippen molar-refractivity contribution in [3.05, 3.63) is 33.5 Å². The fraction of sp³-hybridized carbons (Fsp3) is 0.500. The number of aryl methyl sites for hydroxylation is 1. The summed E-state index contributed by atoms with van der Waals surface area (Å²) in [5.41, 5.74) is -0.369. The van der Waals surface area contributed by atoms with Crippen LogP contribution >= 0.6 is 0 Å². The van der Waals surface area contributed by atoms with Crippen molar-refractivity contribution in [3.8, 4) is 0 Å². The molecule has 2 N–H and O–H groups in total. The SMILES string of the molecule is C=CCn1c(N(CCO)CCO)nc2c1c(=O)n(C)c(=O)n2C. The van der Waals surface area contributed by atoms with Gasteiger partial charge < -0.3 is 19.7 Å². The van der Waals surface area contributed by atoms with Crippen molar-refractivity contribution in [2.24, 2.45) is 14.1 Å². The molecule has 0 unspecified atom stereocenters. The first-order chi connectivity index (χ1) is 11.0. The average Bonchev–Trinajstić information content (AvgIpc) is 2.90. The third-order valence-electron chi connectivity index (χ3n) is 3.66. The monoisotopic (exact) mass is 323 g/mol. The topological polar surface area (TPSA) is 106 Å². The second-order valence-electron chi connectivity index (χ2n) is 5.12. The molecule has 0 aliphatic heterocycles. The van der Waals surface area contributed by atoms with Gasteiger partial charge in [-0.3, -0.25) is 13.9 Å². The normalized spacial score (nSPS) is 11.1. The summed E-state index contributed by atoms with van der Waals surface area (Å²) in [4.78, 5) is 30.6. The molecule has 0 radical (unpaired) electrons. The molecule has 9 nitrogen and oxygen atoms in total. The van der Waals surface area contributed by atoms with Crippen LogP contribution in [0, 0.1) is 0 Å². The minimum Gasteiger partial charge on any atom is -0.395 e. The van der Waals surface area contributed by atoms with Gasteiger partial charge in [0, 0.05) is 33.7 Å². The van der Waals surface area contributed by atoms with Crippen LogP contribution in [0.5, 0.6) is 0 Å². The Morgan fingerprint density at radius 1 is 1.17 bits per heavy atom. The molecule has 0 spiro atoms. The molecular weight excluding hydrogens is 302 g/mol. The van der Waals surface area contributed by atoms with Gasteiger partial charge in [0.15, 0.2) is 11.2 Å². The lowest BCUT2D eigenvalue weighted by molar-refractivity contribution is 0.279. The van der Waals surface area contributed by atoms with E-state index in [4.69, 9.17) is 0 Å². The quantitative estimate of drug-likeness (QED) is 0.595. The standard InChI is InChI=1S/C14H21N5O4/c1-4-5-19-10-11(16(2)14(23)17(3)12(10)22)15-13(19)18(6-8-20)7-9-21/h4,20-21H,1,5-9H2,2-3H3. The fourth-order valence-corrected chi connectivity index (χ4v) is 2.53. The smallest absolute Gasteiger partial charge is 0.332 e. The lowest BCUT2D eigenvalue weighted by Crippen LogP contribution is -2.37. The zero-order valence-corrected chi connectivity index (χ0v) is 13.3. The highest BCUT2D eigenvalue weighted by Gasteiger charge is 2.21. The molecule has 23 heavy (non-hydrogen) atoms. The number of anilines is 1. The lowest BCUT2D eigenvalue weighted by Gasteiger charge is -2.22. The van der Waals surface area contributed by atoms with E-state index in [1.54, 1.807) is 22.6 Å². The number of imidazole rings is 1. The minimum atomic E-state index is -0.465. The van der Waals surface area contributed by atoms with Crippen LogP contribution in [0.3, 0.4) is 0 Å². The van der Waals surface area contributed by atoms with E-state index in [2.05, 4.69) is 11.6 Å². The van der Waals surface area contributed by atoms with Crippen LogP contribution < -0.4 is 16.1 Å². The van der Waals surface area contributed by atoms with Crippen LogP contribution in [-0.2, 0) is 20.6 Å². The molecular formula is C14H21N5O4. The largest absolute Gasteiger partial charge is 0.395 e. The molecule has 9 heteroatoms. The zero-order valence-electron chi connectivity index (χ0n) is 13.3. The average molecular weight is 323 g/mol. The number of aromatic nitrogens is 4. The Bertz CT molecular complexity index is 826. The Balaban J connectivity index is 2.85. The van der Waals surface area contributed by atoms with E-state index < -0.39 is 11.2 Å². The van der Waals surface area contributed by atoms with Gasteiger partial charge in [-0.25, -0.2) is 4.79 Å². The highest BCUT2D eigenvalue weighted by Crippen LogP contribution is 2.19. The summed E-state index contributed by atoms with van der Waals surface area (Å²) in [5.74, 6) is 0.404. The molecule has 0 saturated heterocycles. The van der Waals surface area contributed by atoms with Gasteiger partial charge >= 0.3 is 5.69 Å². The number of aliphatic hydroxyl groups excluding tert-OH is 2. The first kappa shape index (κ1) is 17.0. The first-order valence-electron chi connectivity index (χ1n) is 7.21. The van der Waals surface area contributed by atoms with Gasteiger partial charge in [0.1, 0.15) is 0 Å². The second kappa shape index (κ2) is 6.80. The van der Waals surface area contributed by atoms with Gasteiger partial charge in [0.25, 0.3) is 5.56 Å². The Morgan fingerprint density at radius 3 is 2.30 bits per heavy atom. The predicted octanol–water partition coefficient (Wildman–Crippen LogP) is -1.59. The maximum atomic E-state index is 12.5. The Kier molecular flexibility index (Phi) is 5.02. The van der Waals surface area contributed by atoms with Crippen LogP contribution in [0.2, 0.25) is 0 Å². The van der Waals surface area contributed by atoms with Crippen LogP contribution in [-0.4, -0.2) is 55.2 Å². The predicted molar refractivity (Wildman–Crippen MR) is 86.8 cm³/mol. The molecule has 0 aliphatic carbocycles. The molecule has 126 valence electrons. The maximum Gasteiger partial charge on any atom is 0.332 e. The summed E-state index contributed by atoms with van der Waals surface area (Å²) in [6.07, 6.45) is 1.62. The molecule has 0 aromatic carbocycles. The van der Waals surface area contributed by atoms with Gasteiger partial charge in [0.2, 0.25) is 5.95 Å². The molecule has 0 saturated carbocycles. The van der Waals surface area contributed by atoms with E-state index in [1.807, 2.05) is 0 Å². The highest BCUT2D eigenvalue weighted by molar-refractivity contribution is 5.74. The first-order valence-corrected chi connectivity index (χ1v) is 7.21. The summed E-state index contributed by atoms with van der Waals surface area (Å²) in [5, 5.41) is 18.4. The van der Waals surface area contributed by atoms with Crippen molar-refractivity contribution in [3.63, 3.8) is 0 Å². The van der Waals surface area contributed by atoms with Crippen molar-refractivity contribution in [2.75, 3.05) is 31.2 Å². The molecule has 2 aromatic rings. The van der Waals surface area contributed by atoms with Crippen LogP contribution in [0.15, 0.2) is 22.2 Å². The number of fused-ring (bicyclic) bond motifs is 1. The van der Waals surface area contributed by atoms with Gasteiger partial charge in [-0.1, -0.05) is 6.08 Å². The molecule has 0 bridgehead atoms. The van der Waals surface area contributed by atoms with Gasteiger partial charge in [-0.05, 0) is 0 Å². The summed E-state index contributed by atoms with van der Waals surface area (Å²) in [6, 6.07) is 0. The third-order valence-corrected chi connectivity index (χ3v) is 3.66. The molecule has 2 aromatic heterocycles. The number of hydrogen-bond acceptors (Lipinski definition) is 6. The van der Waals surface area contributed by atoms with E-state index in [1.165, 1.54) is 11.6 Å². The Hall–Kier alpha value is -2.39. The number of hydrogen-bond donors (Lipinski definition) is 2. The van der Waals surface area contributed by atoms with E-state index in [-0.39, 0.29) is 37.5 Å². The lowest BCUT2D eigenvalue weighted by atomic mass is 10.4. The molecule has 0 amide bonds. The van der Waals surface area contributed by atoms with Crippen LogP contribution in [0.25, 0.3) is 11.2 Å². The van der Waals surface area contributed by atoms with Gasteiger partial charge in [-0.2, -0.15) is 4.98 Å². The van der Waals surface area contributed by atoms with Crippen LogP contribution in [0.1, 0.15) is 0 Å². The van der Waals surface area contributed by atoms with Crippen LogP contribution in [0.4, 0.5) is 5.95 Å². The highest BCUT2D eigenvalue weighted by atomic mass is 16.3. The molecule has 2 rings (SSSR count). The molecule has 2 heterocycles. The number of rotatable bonds is 7. The Labute approximate surface area is 132 Å². The number of nitrogens with zero attached hydrogens (tertiary/aromatic N) is 5. The molecule has 0 atom stereocenters. The van der Waals surface area contributed by atoms with Crippen molar-refractivity contribution in [2.45, 2.75) is 6.54 Å². The van der Waals surface area contributed by atoms with Gasteiger partial charge in [0.05, 0.1) is 13.2 Å². The third kappa shape index (κ3) is 2.80. The minimum absolute atomic E-state index is 0.131.